The lowest BCUT2D eigenvalue weighted by atomic mass is 9.98. The lowest BCUT2D eigenvalue weighted by molar-refractivity contribution is -0.112. The molecule has 5 heteroatoms. The van der Waals surface area contributed by atoms with Crippen molar-refractivity contribution in [1.82, 2.24) is 0 Å². The Bertz CT molecular complexity index is 1080. The van der Waals surface area contributed by atoms with Gasteiger partial charge in [0.1, 0.15) is 17.4 Å². The number of nitrogens with zero attached hydrogens (tertiary/aromatic N) is 1. The number of nitriles is 1. The molecule has 0 aromatic heterocycles. The molecule has 0 unspecified atom stereocenters. The Kier molecular flexibility index (Phi) is 6.67. The van der Waals surface area contributed by atoms with Gasteiger partial charge < -0.3 is 10.1 Å². The maximum atomic E-state index is 12.6. The van der Waals surface area contributed by atoms with Gasteiger partial charge in [0.2, 0.25) is 0 Å². The highest BCUT2D eigenvalue weighted by atomic mass is 35.5. The molecular weight excluding hydrogens is 384 g/mol. The van der Waals surface area contributed by atoms with Crippen molar-refractivity contribution in [2.45, 2.75) is 6.42 Å². The van der Waals surface area contributed by atoms with E-state index < -0.39 is 5.91 Å². The summed E-state index contributed by atoms with van der Waals surface area (Å²) in [5.41, 5.74) is 3.37. The maximum absolute atomic E-state index is 12.6. The van der Waals surface area contributed by atoms with Gasteiger partial charge in [0.25, 0.3) is 5.91 Å². The summed E-state index contributed by atoms with van der Waals surface area (Å²) in [6.45, 7) is 0. The number of ether oxygens (including phenoxy) is 1. The number of carbonyl (C=O) groups is 1. The molecule has 0 aliphatic rings. The summed E-state index contributed by atoms with van der Waals surface area (Å²) in [6.07, 6.45) is 2.20. The third-order valence-corrected chi connectivity index (χ3v) is 4.78. The zero-order valence-corrected chi connectivity index (χ0v) is 16.6. The van der Waals surface area contributed by atoms with E-state index >= 15 is 0 Å². The van der Waals surface area contributed by atoms with Crippen molar-refractivity contribution < 1.29 is 9.53 Å². The van der Waals surface area contributed by atoms with Crippen molar-refractivity contribution in [2.75, 3.05) is 12.4 Å². The third kappa shape index (κ3) is 5.25. The molecule has 0 heterocycles. The third-order valence-electron chi connectivity index (χ3n) is 4.41. The number of nitrogens with one attached hydrogen (secondary N) is 1. The fourth-order valence-electron chi connectivity index (χ4n) is 2.86. The van der Waals surface area contributed by atoms with Gasteiger partial charge in [0, 0.05) is 10.7 Å². The second-order valence-corrected chi connectivity index (χ2v) is 6.73. The summed E-state index contributed by atoms with van der Waals surface area (Å²) in [7, 11) is 1.57. The maximum Gasteiger partial charge on any atom is 0.266 e. The molecule has 3 aromatic carbocycles. The van der Waals surface area contributed by atoms with Crippen molar-refractivity contribution >= 4 is 29.3 Å². The molecule has 29 heavy (non-hydrogen) atoms. The van der Waals surface area contributed by atoms with E-state index in [0.717, 1.165) is 16.7 Å². The Labute approximate surface area is 175 Å². The summed E-state index contributed by atoms with van der Waals surface area (Å²) < 4.78 is 5.11. The Morgan fingerprint density at radius 1 is 1.03 bits per heavy atom. The second kappa shape index (κ2) is 9.59. The van der Waals surface area contributed by atoms with Crippen molar-refractivity contribution in [3.63, 3.8) is 0 Å². The number of amides is 1. The Morgan fingerprint density at radius 2 is 1.69 bits per heavy atom. The van der Waals surface area contributed by atoms with Crippen LogP contribution in [0, 0.1) is 11.3 Å². The van der Waals surface area contributed by atoms with E-state index in [0.29, 0.717) is 22.9 Å². The topological polar surface area (TPSA) is 62.1 Å². The number of methoxy groups -OCH3 is 1. The van der Waals surface area contributed by atoms with Crippen molar-refractivity contribution in [2.24, 2.45) is 0 Å². The van der Waals surface area contributed by atoms with Gasteiger partial charge in [-0.25, -0.2) is 0 Å². The molecule has 0 saturated heterocycles. The van der Waals surface area contributed by atoms with Gasteiger partial charge in [-0.3, -0.25) is 4.79 Å². The van der Waals surface area contributed by atoms with E-state index in [9.17, 15) is 10.1 Å². The summed E-state index contributed by atoms with van der Waals surface area (Å²) in [6, 6.07) is 24.2. The molecule has 1 N–H and O–H groups in total. The molecule has 0 fully saturated rings. The Balaban J connectivity index is 1.84. The molecule has 3 aromatic rings. The van der Waals surface area contributed by atoms with Gasteiger partial charge in [-0.05, 0) is 59.5 Å². The van der Waals surface area contributed by atoms with E-state index in [1.54, 1.807) is 37.5 Å². The molecule has 0 spiro atoms. The highest BCUT2D eigenvalue weighted by Crippen LogP contribution is 2.23. The van der Waals surface area contributed by atoms with Crippen LogP contribution in [0.4, 0.5) is 5.69 Å². The molecule has 0 bridgehead atoms. The molecule has 0 saturated carbocycles. The predicted molar refractivity (Wildman–Crippen MR) is 116 cm³/mol. The van der Waals surface area contributed by atoms with Crippen LogP contribution in [0.15, 0.2) is 78.4 Å². The zero-order valence-electron chi connectivity index (χ0n) is 15.9. The number of halogens is 1. The van der Waals surface area contributed by atoms with Crippen molar-refractivity contribution in [1.29, 1.82) is 5.26 Å². The number of hydrogen-bond acceptors (Lipinski definition) is 3. The van der Waals surface area contributed by atoms with Crippen LogP contribution < -0.4 is 10.1 Å². The molecule has 144 valence electrons. The first-order valence-electron chi connectivity index (χ1n) is 8.99. The molecule has 0 aliphatic heterocycles. The van der Waals surface area contributed by atoms with Crippen LogP contribution in [0.3, 0.4) is 0 Å². The van der Waals surface area contributed by atoms with Crippen LogP contribution in [0.25, 0.3) is 6.08 Å². The van der Waals surface area contributed by atoms with Crippen molar-refractivity contribution in [3.8, 4) is 11.8 Å². The monoisotopic (exact) mass is 402 g/mol. The first-order chi connectivity index (χ1) is 14.1. The van der Waals surface area contributed by atoms with Gasteiger partial charge in [0.05, 0.1) is 7.11 Å². The van der Waals surface area contributed by atoms with Gasteiger partial charge in [-0.2, -0.15) is 5.26 Å². The van der Waals surface area contributed by atoms with Crippen LogP contribution in [0.1, 0.15) is 16.7 Å². The number of anilines is 1. The molecule has 0 radical (unpaired) electrons. The molecule has 3 rings (SSSR count). The van der Waals surface area contributed by atoms with E-state index in [1.807, 2.05) is 54.6 Å². The van der Waals surface area contributed by atoms with Crippen LogP contribution in [0.2, 0.25) is 5.02 Å². The van der Waals surface area contributed by atoms with Gasteiger partial charge in [-0.15, -0.1) is 0 Å². The first-order valence-corrected chi connectivity index (χ1v) is 9.37. The first kappa shape index (κ1) is 20.2. The summed E-state index contributed by atoms with van der Waals surface area (Å²) in [4.78, 5) is 12.6. The SMILES string of the molecule is COc1ccc(NC(=O)/C(C#N)=C/c2ccccc2Cc2ccccc2Cl)cc1. The lowest BCUT2D eigenvalue weighted by Gasteiger charge is -2.09. The summed E-state index contributed by atoms with van der Waals surface area (Å²) in [5, 5.41) is 12.9. The van der Waals surface area contributed by atoms with Crippen molar-refractivity contribution in [3.05, 3.63) is 100 Å². The summed E-state index contributed by atoms with van der Waals surface area (Å²) in [5.74, 6) is 0.220. The lowest BCUT2D eigenvalue weighted by Crippen LogP contribution is -2.13. The molecule has 0 atom stereocenters. The number of benzene rings is 3. The van der Waals surface area contributed by atoms with E-state index in [2.05, 4.69) is 5.32 Å². The minimum absolute atomic E-state index is 0.0208. The zero-order chi connectivity index (χ0) is 20.6. The van der Waals surface area contributed by atoms with Gasteiger partial charge in [0.15, 0.2) is 0 Å². The van der Waals surface area contributed by atoms with Crippen LogP contribution >= 0.6 is 11.6 Å². The quantitative estimate of drug-likeness (QED) is 0.438. The van der Waals surface area contributed by atoms with Crippen LogP contribution in [-0.4, -0.2) is 13.0 Å². The highest BCUT2D eigenvalue weighted by Gasteiger charge is 2.12. The average molecular weight is 403 g/mol. The second-order valence-electron chi connectivity index (χ2n) is 6.32. The fraction of sp³-hybridized carbons (Fsp3) is 0.0833. The van der Waals surface area contributed by atoms with Gasteiger partial charge >= 0.3 is 0 Å². The Hall–Kier alpha value is -3.55. The minimum atomic E-state index is -0.467. The fourth-order valence-corrected chi connectivity index (χ4v) is 3.06. The van der Waals surface area contributed by atoms with Crippen LogP contribution in [-0.2, 0) is 11.2 Å². The van der Waals surface area contributed by atoms with E-state index in [-0.39, 0.29) is 5.57 Å². The summed E-state index contributed by atoms with van der Waals surface area (Å²) >= 11 is 6.28. The van der Waals surface area contributed by atoms with E-state index in [4.69, 9.17) is 16.3 Å². The molecule has 0 aliphatic carbocycles. The molecule has 4 nitrogen and oxygen atoms in total. The number of rotatable bonds is 6. The smallest absolute Gasteiger partial charge is 0.266 e. The number of carbonyl (C=O) groups excluding carboxylic acids is 1. The van der Waals surface area contributed by atoms with Crippen LogP contribution in [0.5, 0.6) is 5.75 Å². The highest BCUT2D eigenvalue weighted by molar-refractivity contribution is 6.31. The normalized spacial score (nSPS) is 10.9. The predicted octanol–water partition coefficient (Wildman–Crippen LogP) is 5.49. The van der Waals surface area contributed by atoms with E-state index in [1.165, 1.54) is 0 Å². The number of hydrogen-bond donors (Lipinski definition) is 1. The Morgan fingerprint density at radius 3 is 2.34 bits per heavy atom. The molecular formula is C24H19ClN2O2. The average Bonchev–Trinajstić information content (AvgIpc) is 2.75. The molecule has 1 amide bonds. The largest absolute Gasteiger partial charge is 0.497 e. The standard InChI is InChI=1S/C24H19ClN2O2/c1-29-22-12-10-21(11-13-22)27-24(28)20(16-26)15-18-7-3-2-6-17(18)14-19-8-4-5-9-23(19)25/h2-13,15H,14H2,1H3,(H,27,28)/b20-15+. The van der Waals surface area contributed by atoms with Gasteiger partial charge in [-0.1, -0.05) is 54.1 Å². The minimum Gasteiger partial charge on any atom is -0.497 e.